The third kappa shape index (κ3) is 4.44. The van der Waals surface area contributed by atoms with Crippen molar-refractivity contribution < 1.29 is 27.8 Å². The Morgan fingerprint density at radius 2 is 1.97 bits per heavy atom. The SMILES string of the molecule is O=C(Nc1cccc(C(F)F)n1)c1cc2oc(N3CCOCC3)nc2nc1N1CC[C@@H](O)C1. The van der Waals surface area contributed by atoms with E-state index in [9.17, 15) is 18.7 Å². The van der Waals surface area contributed by atoms with Crippen LogP contribution in [-0.4, -0.2) is 71.5 Å². The first-order valence-corrected chi connectivity index (χ1v) is 10.6. The fourth-order valence-electron chi connectivity index (χ4n) is 3.90. The number of carbonyl (C=O) groups is 1. The first-order chi connectivity index (χ1) is 16.0. The van der Waals surface area contributed by atoms with Gasteiger partial charge < -0.3 is 29.4 Å². The van der Waals surface area contributed by atoms with Crippen molar-refractivity contribution in [3.8, 4) is 0 Å². The second kappa shape index (κ2) is 8.87. The number of amides is 1. The lowest BCUT2D eigenvalue weighted by Crippen LogP contribution is -2.36. The van der Waals surface area contributed by atoms with Crippen molar-refractivity contribution in [1.82, 2.24) is 15.0 Å². The molecular formula is C21H22F2N6O4. The monoisotopic (exact) mass is 460 g/mol. The highest BCUT2D eigenvalue weighted by Gasteiger charge is 2.28. The largest absolute Gasteiger partial charge is 0.422 e. The number of fused-ring (bicyclic) bond motifs is 1. The number of halogens is 2. The molecule has 0 saturated carbocycles. The maximum absolute atomic E-state index is 13.1. The van der Waals surface area contributed by atoms with E-state index < -0.39 is 24.1 Å². The van der Waals surface area contributed by atoms with E-state index in [0.29, 0.717) is 68.9 Å². The van der Waals surface area contributed by atoms with E-state index in [1.807, 2.05) is 4.90 Å². The minimum absolute atomic E-state index is 0.00289. The molecule has 3 aromatic rings. The summed E-state index contributed by atoms with van der Waals surface area (Å²) in [6.45, 7) is 3.18. The summed E-state index contributed by atoms with van der Waals surface area (Å²) in [5.41, 5.74) is 0.391. The number of hydrogen-bond acceptors (Lipinski definition) is 9. The van der Waals surface area contributed by atoms with E-state index in [2.05, 4.69) is 20.3 Å². The third-order valence-corrected chi connectivity index (χ3v) is 5.58. The maximum Gasteiger partial charge on any atom is 0.300 e. The Morgan fingerprint density at radius 3 is 2.70 bits per heavy atom. The van der Waals surface area contributed by atoms with Crippen molar-refractivity contribution in [3.05, 3.63) is 35.5 Å². The Bertz CT molecular complexity index is 1170. The van der Waals surface area contributed by atoms with Crippen LogP contribution in [0, 0.1) is 0 Å². The summed E-state index contributed by atoms with van der Waals surface area (Å²) in [4.78, 5) is 29.7. The highest BCUT2D eigenvalue weighted by Crippen LogP contribution is 2.30. The molecule has 5 rings (SSSR count). The molecule has 2 saturated heterocycles. The molecule has 2 N–H and O–H groups in total. The van der Waals surface area contributed by atoms with Gasteiger partial charge in [0.25, 0.3) is 18.3 Å². The van der Waals surface area contributed by atoms with Crippen LogP contribution in [0.15, 0.2) is 28.7 Å². The molecule has 2 fully saturated rings. The van der Waals surface area contributed by atoms with E-state index in [1.54, 1.807) is 4.90 Å². The summed E-state index contributed by atoms with van der Waals surface area (Å²) in [7, 11) is 0. The molecule has 33 heavy (non-hydrogen) atoms. The highest BCUT2D eigenvalue weighted by molar-refractivity contribution is 6.08. The number of ether oxygens (including phenoxy) is 1. The number of aromatic nitrogens is 3. The number of morpholine rings is 1. The van der Waals surface area contributed by atoms with Crippen LogP contribution in [0.25, 0.3) is 11.2 Å². The number of anilines is 3. The van der Waals surface area contributed by atoms with Crippen LogP contribution >= 0.6 is 0 Å². The van der Waals surface area contributed by atoms with Gasteiger partial charge in [0.2, 0.25) is 5.65 Å². The van der Waals surface area contributed by atoms with Crippen LogP contribution < -0.4 is 15.1 Å². The number of alkyl halides is 2. The van der Waals surface area contributed by atoms with Crippen LogP contribution in [0.3, 0.4) is 0 Å². The number of carbonyl (C=O) groups excluding carboxylic acids is 1. The van der Waals surface area contributed by atoms with E-state index in [1.165, 1.54) is 24.3 Å². The molecule has 0 radical (unpaired) electrons. The van der Waals surface area contributed by atoms with E-state index in [0.717, 1.165) is 0 Å². The maximum atomic E-state index is 13.1. The lowest BCUT2D eigenvalue weighted by Gasteiger charge is -2.24. The predicted molar refractivity (Wildman–Crippen MR) is 115 cm³/mol. The van der Waals surface area contributed by atoms with Gasteiger partial charge in [-0.2, -0.15) is 4.98 Å². The molecule has 10 nitrogen and oxygen atoms in total. The average Bonchev–Trinajstić information content (AvgIpc) is 3.44. The molecule has 0 aliphatic carbocycles. The van der Waals surface area contributed by atoms with E-state index >= 15 is 0 Å². The van der Waals surface area contributed by atoms with Crippen LogP contribution in [0.5, 0.6) is 0 Å². The Labute approximate surface area is 187 Å². The average molecular weight is 460 g/mol. The Balaban J connectivity index is 1.50. The summed E-state index contributed by atoms with van der Waals surface area (Å²) >= 11 is 0. The Kier molecular flexibility index (Phi) is 5.77. The van der Waals surface area contributed by atoms with Crippen molar-refractivity contribution in [3.63, 3.8) is 0 Å². The number of aliphatic hydroxyl groups excluding tert-OH is 1. The third-order valence-electron chi connectivity index (χ3n) is 5.58. The highest BCUT2D eigenvalue weighted by atomic mass is 19.3. The number of nitrogens with zero attached hydrogens (tertiary/aromatic N) is 5. The Hall–Kier alpha value is -3.38. The summed E-state index contributed by atoms with van der Waals surface area (Å²) in [5.74, 6) is -0.246. The van der Waals surface area contributed by atoms with E-state index in [-0.39, 0.29) is 11.4 Å². The molecule has 0 bridgehead atoms. The standard InChI is InChI=1S/C21H22F2N6O4/c22-17(23)14-2-1-3-16(24-14)25-20(31)13-10-15-18(26-19(13)29-5-4-12(30)11-29)27-21(33-15)28-6-8-32-9-7-28/h1-3,10,12,17,30H,4-9,11H2,(H,24,25,31)/t12-/m1/s1. The van der Waals surface area contributed by atoms with Gasteiger partial charge >= 0.3 is 0 Å². The van der Waals surface area contributed by atoms with Gasteiger partial charge in [0.1, 0.15) is 17.3 Å². The second-order valence-corrected chi connectivity index (χ2v) is 7.87. The topological polar surface area (TPSA) is 117 Å². The Morgan fingerprint density at radius 1 is 1.15 bits per heavy atom. The molecular weight excluding hydrogens is 438 g/mol. The van der Waals surface area contributed by atoms with Gasteiger partial charge in [0.05, 0.1) is 24.9 Å². The number of nitrogens with one attached hydrogen (secondary N) is 1. The molecule has 0 unspecified atom stereocenters. The molecule has 0 spiro atoms. The van der Waals surface area contributed by atoms with Crippen molar-refractivity contribution >= 4 is 34.8 Å². The summed E-state index contributed by atoms with van der Waals surface area (Å²) in [6, 6.07) is 5.93. The quantitative estimate of drug-likeness (QED) is 0.591. The zero-order valence-corrected chi connectivity index (χ0v) is 17.6. The zero-order valence-electron chi connectivity index (χ0n) is 17.6. The van der Waals surface area contributed by atoms with Gasteiger partial charge in [0.15, 0.2) is 5.58 Å². The lowest BCUT2D eigenvalue weighted by molar-refractivity contribution is 0.102. The number of hydrogen-bond donors (Lipinski definition) is 2. The molecule has 0 aromatic carbocycles. The molecule has 2 aliphatic heterocycles. The van der Waals surface area contributed by atoms with Gasteiger partial charge in [-0.05, 0) is 18.6 Å². The fourth-order valence-corrected chi connectivity index (χ4v) is 3.90. The van der Waals surface area contributed by atoms with Crippen molar-refractivity contribution in [2.75, 3.05) is 54.5 Å². The molecule has 3 aromatic heterocycles. The number of β-amino-alcohol motifs (C(OH)–C–C–N with tert-alkyl or cyclic N) is 1. The van der Waals surface area contributed by atoms with Gasteiger partial charge in [0, 0.05) is 32.2 Å². The zero-order chi connectivity index (χ0) is 22.9. The minimum Gasteiger partial charge on any atom is -0.422 e. The minimum atomic E-state index is -2.76. The number of pyridine rings is 2. The molecule has 2 aliphatic rings. The van der Waals surface area contributed by atoms with Crippen LogP contribution in [0.4, 0.5) is 26.4 Å². The van der Waals surface area contributed by atoms with E-state index in [4.69, 9.17) is 9.15 Å². The molecule has 1 atom stereocenters. The van der Waals surface area contributed by atoms with Gasteiger partial charge in [-0.15, -0.1) is 0 Å². The lowest BCUT2D eigenvalue weighted by atomic mass is 10.2. The first-order valence-electron chi connectivity index (χ1n) is 10.6. The van der Waals surface area contributed by atoms with Crippen molar-refractivity contribution in [2.45, 2.75) is 19.0 Å². The summed E-state index contributed by atoms with van der Waals surface area (Å²) in [6.07, 6.45) is -2.75. The van der Waals surface area contributed by atoms with Crippen molar-refractivity contribution in [1.29, 1.82) is 0 Å². The summed E-state index contributed by atoms with van der Waals surface area (Å²) in [5, 5.41) is 12.6. The van der Waals surface area contributed by atoms with Gasteiger partial charge in [-0.25, -0.2) is 18.7 Å². The van der Waals surface area contributed by atoms with Crippen LogP contribution in [0.2, 0.25) is 0 Å². The molecule has 174 valence electrons. The normalized spacial score (nSPS) is 19.0. The van der Waals surface area contributed by atoms with Gasteiger partial charge in [-0.3, -0.25) is 4.79 Å². The first kappa shape index (κ1) is 21.5. The van der Waals surface area contributed by atoms with Crippen molar-refractivity contribution in [2.24, 2.45) is 0 Å². The molecule has 1 amide bonds. The van der Waals surface area contributed by atoms with Gasteiger partial charge in [-0.1, -0.05) is 6.07 Å². The molecule has 12 heteroatoms. The van der Waals surface area contributed by atoms with Crippen LogP contribution in [0.1, 0.15) is 28.9 Å². The summed E-state index contributed by atoms with van der Waals surface area (Å²) < 4.78 is 37.2. The number of aliphatic hydroxyl groups is 1. The smallest absolute Gasteiger partial charge is 0.300 e. The fraction of sp³-hybridized carbons (Fsp3) is 0.429. The number of rotatable bonds is 5. The van der Waals surface area contributed by atoms with Crippen LogP contribution in [-0.2, 0) is 4.74 Å². The number of oxazole rings is 1. The molecule has 5 heterocycles. The predicted octanol–water partition coefficient (Wildman–Crippen LogP) is 2.22. The second-order valence-electron chi connectivity index (χ2n) is 7.87.